The van der Waals surface area contributed by atoms with Gasteiger partial charge < -0.3 is 14.5 Å². The van der Waals surface area contributed by atoms with Crippen molar-refractivity contribution in [2.45, 2.75) is 27.7 Å². The molecule has 2 aromatic rings. The highest BCUT2D eigenvalue weighted by Crippen LogP contribution is 2.27. The molecule has 1 heterocycles. The topological polar surface area (TPSA) is 68.5 Å². The number of benzene rings is 1. The summed E-state index contributed by atoms with van der Waals surface area (Å²) in [6.07, 6.45) is 0. The number of hydrogen-bond donors (Lipinski definition) is 1. The number of nitrogens with one attached hydrogen (secondary N) is 1. The van der Waals surface area contributed by atoms with Crippen LogP contribution in [-0.2, 0) is 9.53 Å². The van der Waals surface area contributed by atoms with Crippen LogP contribution in [0, 0.1) is 27.7 Å². The van der Waals surface area contributed by atoms with E-state index >= 15 is 0 Å². The van der Waals surface area contributed by atoms with Crippen LogP contribution in [0.15, 0.2) is 22.6 Å². The number of carbonyl (C=O) groups is 2. The fraction of sp³-hybridized carbons (Fsp3) is 0.294. The second-order valence-corrected chi connectivity index (χ2v) is 5.80. The number of furan rings is 1. The monoisotopic (exact) mass is 335 g/mol. The van der Waals surface area contributed by atoms with Crippen molar-refractivity contribution >= 4 is 29.2 Å². The number of halogens is 1. The molecule has 1 amide bonds. The van der Waals surface area contributed by atoms with Crippen molar-refractivity contribution in [3.8, 4) is 0 Å². The average Bonchev–Trinajstić information content (AvgIpc) is 2.79. The quantitative estimate of drug-likeness (QED) is 0.858. The number of amides is 1. The molecule has 0 saturated heterocycles. The Kier molecular flexibility index (Phi) is 5.11. The van der Waals surface area contributed by atoms with Gasteiger partial charge in [-0.1, -0.05) is 17.7 Å². The molecule has 0 bridgehead atoms. The average molecular weight is 336 g/mol. The van der Waals surface area contributed by atoms with E-state index in [0.717, 1.165) is 11.1 Å². The first kappa shape index (κ1) is 17.1. The Morgan fingerprint density at radius 1 is 1.17 bits per heavy atom. The maximum absolute atomic E-state index is 12.0. The van der Waals surface area contributed by atoms with Crippen LogP contribution in [0.4, 0.5) is 5.69 Å². The number of rotatable bonds is 4. The molecule has 0 spiro atoms. The molecule has 1 N–H and O–H groups in total. The Balaban J connectivity index is 1.98. The van der Waals surface area contributed by atoms with Crippen molar-refractivity contribution in [2.75, 3.05) is 11.9 Å². The van der Waals surface area contributed by atoms with Gasteiger partial charge in [-0.05, 0) is 51.0 Å². The van der Waals surface area contributed by atoms with Gasteiger partial charge in [-0.15, -0.1) is 0 Å². The smallest absolute Gasteiger partial charge is 0.342 e. The van der Waals surface area contributed by atoms with E-state index in [-0.39, 0.29) is 0 Å². The molecule has 0 aliphatic heterocycles. The minimum Gasteiger partial charge on any atom is -0.466 e. The molecule has 0 atom stereocenters. The highest BCUT2D eigenvalue weighted by molar-refractivity contribution is 6.34. The number of hydrogen-bond acceptors (Lipinski definition) is 4. The minimum atomic E-state index is -0.596. The lowest BCUT2D eigenvalue weighted by atomic mass is 10.1. The predicted molar refractivity (Wildman–Crippen MR) is 88.0 cm³/mol. The number of esters is 1. The van der Waals surface area contributed by atoms with Crippen LogP contribution in [0.2, 0.25) is 5.02 Å². The van der Waals surface area contributed by atoms with Crippen LogP contribution in [0.25, 0.3) is 0 Å². The second kappa shape index (κ2) is 6.87. The molecule has 0 unspecified atom stereocenters. The Bertz CT molecular complexity index is 741. The molecule has 0 aliphatic rings. The summed E-state index contributed by atoms with van der Waals surface area (Å²) >= 11 is 6.13. The van der Waals surface area contributed by atoms with Crippen molar-refractivity contribution in [2.24, 2.45) is 0 Å². The van der Waals surface area contributed by atoms with Gasteiger partial charge in [-0.25, -0.2) is 4.79 Å². The molecule has 2 rings (SSSR count). The van der Waals surface area contributed by atoms with E-state index in [9.17, 15) is 9.59 Å². The lowest BCUT2D eigenvalue weighted by molar-refractivity contribution is -0.119. The standard InChI is InChI=1S/C17H18ClNO4/c1-9-5-10(2)16(14(18)6-9)19-15(20)8-22-17(21)13-7-11(3)23-12(13)4/h5-7H,8H2,1-4H3,(H,19,20). The van der Waals surface area contributed by atoms with Gasteiger partial charge in [0, 0.05) is 0 Å². The van der Waals surface area contributed by atoms with E-state index in [1.807, 2.05) is 19.9 Å². The third-order valence-corrected chi connectivity index (χ3v) is 3.59. The third kappa shape index (κ3) is 4.13. The van der Waals surface area contributed by atoms with Crippen LogP contribution >= 0.6 is 11.6 Å². The highest BCUT2D eigenvalue weighted by atomic mass is 35.5. The maximum Gasteiger partial charge on any atom is 0.342 e. The Morgan fingerprint density at radius 3 is 2.43 bits per heavy atom. The fourth-order valence-electron chi connectivity index (χ4n) is 2.29. The molecule has 5 nitrogen and oxygen atoms in total. The summed E-state index contributed by atoms with van der Waals surface area (Å²) in [7, 11) is 0. The lowest BCUT2D eigenvalue weighted by Crippen LogP contribution is -2.21. The normalized spacial score (nSPS) is 10.5. The Labute approximate surface area is 139 Å². The maximum atomic E-state index is 12.0. The molecular weight excluding hydrogens is 318 g/mol. The molecule has 0 aliphatic carbocycles. The molecule has 0 saturated carbocycles. The third-order valence-electron chi connectivity index (χ3n) is 3.29. The molecule has 122 valence electrons. The Hall–Kier alpha value is -2.27. The molecule has 0 radical (unpaired) electrons. The van der Waals surface area contributed by atoms with Crippen molar-refractivity contribution in [1.29, 1.82) is 0 Å². The van der Waals surface area contributed by atoms with E-state index in [4.69, 9.17) is 20.8 Å². The van der Waals surface area contributed by atoms with Gasteiger partial charge in [0.15, 0.2) is 6.61 Å². The van der Waals surface area contributed by atoms with Crippen molar-refractivity contribution in [3.05, 3.63) is 51.4 Å². The summed E-state index contributed by atoms with van der Waals surface area (Å²) < 4.78 is 10.3. The van der Waals surface area contributed by atoms with Gasteiger partial charge in [0.25, 0.3) is 5.91 Å². The van der Waals surface area contributed by atoms with Crippen molar-refractivity contribution in [1.82, 2.24) is 0 Å². The van der Waals surface area contributed by atoms with E-state index < -0.39 is 18.5 Å². The zero-order valence-corrected chi connectivity index (χ0v) is 14.2. The molecule has 1 aromatic heterocycles. The largest absolute Gasteiger partial charge is 0.466 e. The minimum absolute atomic E-state index is 0.319. The van der Waals surface area contributed by atoms with Crippen molar-refractivity contribution < 1.29 is 18.7 Å². The predicted octanol–water partition coefficient (Wildman–Crippen LogP) is 3.96. The summed E-state index contributed by atoms with van der Waals surface area (Å²) in [5.74, 6) is 0.0255. The first-order valence-electron chi connectivity index (χ1n) is 7.08. The summed E-state index contributed by atoms with van der Waals surface area (Å²) in [6.45, 7) is 6.77. The van der Waals surface area contributed by atoms with Crippen LogP contribution in [0.3, 0.4) is 0 Å². The van der Waals surface area contributed by atoms with Crippen LogP contribution in [0.1, 0.15) is 33.0 Å². The zero-order valence-electron chi connectivity index (χ0n) is 13.5. The lowest BCUT2D eigenvalue weighted by Gasteiger charge is -2.11. The van der Waals surface area contributed by atoms with Gasteiger partial charge >= 0.3 is 5.97 Å². The summed E-state index contributed by atoms with van der Waals surface area (Å²) in [4.78, 5) is 23.9. The number of aryl methyl sites for hydroxylation is 4. The van der Waals surface area contributed by atoms with E-state index in [1.165, 1.54) is 0 Å². The summed E-state index contributed by atoms with van der Waals surface area (Å²) in [5, 5.41) is 3.11. The van der Waals surface area contributed by atoms with Crippen LogP contribution < -0.4 is 5.32 Å². The van der Waals surface area contributed by atoms with E-state index in [1.54, 1.807) is 26.0 Å². The van der Waals surface area contributed by atoms with Gasteiger partial charge in [0.1, 0.15) is 17.1 Å². The van der Waals surface area contributed by atoms with Crippen LogP contribution in [-0.4, -0.2) is 18.5 Å². The zero-order chi connectivity index (χ0) is 17.1. The van der Waals surface area contributed by atoms with Crippen molar-refractivity contribution in [3.63, 3.8) is 0 Å². The number of carbonyl (C=O) groups excluding carboxylic acids is 2. The number of ether oxygens (including phenoxy) is 1. The summed E-state index contributed by atoms with van der Waals surface area (Å²) in [6, 6.07) is 5.25. The second-order valence-electron chi connectivity index (χ2n) is 5.39. The molecule has 6 heteroatoms. The van der Waals surface area contributed by atoms with E-state index in [2.05, 4.69) is 5.32 Å². The first-order valence-corrected chi connectivity index (χ1v) is 7.46. The van der Waals surface area contributed by atoms with Gasteiger partial charge in [-0.2, -0.15) is 0 Å². The fourth-order valence-corrected chi connectivity index (χ4v) is 2.66. The van der Waals surface area contributed by atoms with Crippen LogP contribution in [0.5, 0.6) is 0 Å². The molecule has 23 heavy (non-hydrogen) atoms. The summed E-state index contributed by atoms with van der Waals surface area (Å²) in [5.41, 5.74) is 2.69. The van der Waals surface area contributed by atoms with E-state index in [0.29, 0.717) is 27.8 Å². The van der Waals surface area contributed by atoms with Gasteiger partial charge in [-0.3, -0.25) is 4.79 Å². The highest BCUT2D eigenvalue weighted by Gasteiger charge is 2.17. The Morgan fingerprint density at radius 2 is 1.87 bits per heavy atom. The molecule has 1 aromatic carbocycles. The molecule has 0 fully saturated rings. The van der Waals surface area contributed by atoms with Gasteiger partial charge in [0.2, 0.25) is 0 Å². The number of anilines is 1. The first-order chi connectivity index (χ1) is 10.8. The molecular formula is C17H18ClNO4. The van der Waals surface area contributed by atoms with Gasteiger partial charge in [0.05, 0.1) is 10.7 Å². The SMILES string of the molecule is Cc1cc(C)c(NC(=O)COC(=O)c2cc(C)oc2C)c(Cl)c1.